The summed E-state index contributed by atoms with van der Waals surface area (Å²) < 4.78 is 30.1. The molecule has 0 unspecified atom stereocenters. The van der Waals surface area contributed by atoms with Gasteiger partial charge in [-0.3, -0.25) is 0 Å². The van der Waals surface area contributed by atoms with E-state index < -0.39 is 22.0 Å². The molecular weight excluding hydrogens is 572 g/mol. The van der Waals surface area contributed by atoms with E-state index in [1.807, 2.05) is 35.8 Å². The Labute approximate surface area is 243 Å². The first-order valence-corrected chi connectivity index (χ1v) is 15.8. The molecule has 4 rings (SSSR count). The van der Waals surface area contributed by atoms with Crippen molar-refractivity contribution in [2.24, 2.45) is 0 Å². The zero-order chi connectivity index (χ0) is 28.9. The number of hydrogen-bond acceptors (Lipinski definition) is 6. The first-order chi connectivity index (χ1) is 19.2. The van der Waals surface area contributed by atoms with Crippen LogP contribution in [0.3, 0.4) is 0 Å². The molecule has 0 aliphatic carbocycles. The van der Waals surface area contributed by atoms with E-state index in [-0.39, 0.29) is 21.3 Å². The van der Waals surface area contributed by atoms with Gasteiger partial charge in [-0.2, -0.15) is 0 Å². The first kappa shape index (κ1) is 29.7. The lowest BCUT2D eigenvalue weighted by Crippen LogP contribution is -2.39. The maximum absolute atomic E-state index is 13.0. The quantitative estimate of drug-likeness (QED) is 0.265. The van der Waals surface area contributed by atoms with E-state index in [2.05, 4.69) is 17.0 Å². The number of halogens is 1. The van der Waals surface area contributed by atoms with Crippen LogP contribution in [0.5, 0.6) is 0 Å². The van der Waals surface area contributed by atoms with E-state index >= 15 is 0 Å². The third kappa shape index (κ3) is 6.54. The summed E-state index contributed by atoms with van der Waals surface area (Å²) in [5.74, 6) is 0.0655. The number of rotatable bonds is 11. The highest BCUT2D eigenvalue weighted by Crippen LogP contribution is 2.40. The van der Waals surface area contributed by atoms with Crippen LogP contribution in [0.15, 0.2) is 64.0 Å². The molecule has 3 aromatic rings. The number of sulfonamides is 1. The molecule has 3 N–H and O–H groups in total. The second kappa shape index (κ2) is 12.9. The van der Waals surface area contributed by atoms with Crippen molar-refractivity contribution < 1.29 is 23.1 Å². The Morgan fingerprint density at radius 2 is 1.82 bits per heavy atom. The van der Waals surface area contributed by atoms with Gasteiger partial charge in [0.15, 0.2) is 0 Å². The standard InChI is InChI=1S/C28H31ClN4O5S2/c1-3-5-10-23-31-26-25(24(29)21(17-39-26)27(34)35)33(23)16-18-11-13-19(14-12-18)20-8-6-7-9-22(20)40(37,38)32-28(36)30-15-4-2/h6-9,11-14H,3-5,10,15-17H2,1-2H3,(H,34,35)(H2,30,32,36). The molecule has 0 radical (unpaired) electrons. The van der Waals surface area contributed by atoms with E-state index in [1.165, 1.54) is 17.8 Å². The summed E-state index contributed by atoms with van der Waals surface area (Å²) in [5.41, 5.74) is 2.82. The van der Waals surface area contributed by atoms with Gasteiger partial charge in [-0.25, -0.2) is 27.7 Å². The second-order valence-electron chi connectivity index (χ2n) is 9.31. The van der Waals surface area contributed by atoms with Crippen molar-refractivity contribution in [3.8, 4) is 11.1 Å². The van der Waals surface area contributed by atoms with Gasteiger partial charge in [-0.15, -0.1) is 0 Å². The van der Waals surface area contributed by atoms with Crippen molar-refractivity contribution in [2.45, 2.75) is 56.0 Å². The van der Waals surface area contributed by atoms with Gasteiger partial charge in [0.1, 0.15) is 10.9 Å². The fourth-order valence-corrected chi connectivity index (χ4v) is 7.05. The molecule has 9 nitrogen and oxygen atoms in total. The van der Waals surface area contributed by atoms with Gasteiger partial charge in [-0.05, 0) is 30.0 Å². The Morgan fingerprint density at radius 1 is 1.10 bits per heavy atom. The van der Waals surface area contributed by atoms with Crippen molar-refractivity contribution in [1.82, 2.24) is 19.6 Å². The first-order valence-electron chi connectivity index (χ1n) is 13.0. The number of carbonyl (C=O) groups is 2. The lowest BCUT2D eigenvalue weighted by Gasteiger charge is -2.17. The third-order valence-corrected chi connectivity index (χ3v) is 9.19. The number of hydrogen-bond donors (Lipinski definition) is 3. The molecule has 0 spiro atoms. The minimum atomic E-state index is -4.11. The van der Waals surface area contributed by atoms with E-state index in [4.69, 9.17) is 16.6 Å². The number of nitrogens with zero attached hydrogens (tertiary/aromatic N) is 2. The monoisotopic (exact) mass is 602 g/mol. The summed E-state index contributed by atoms with van der Waals surface area (Å²) in [7, 11) is -4.11. The number of carboxylic acid groups (broad SMARTS) is 1. The third-order valence-electron chi connectivity index (χ3n) is 6.40. The van der Waals surface area contributed by atoms with Crippen molar-refractivity contribution in [3.05, 3.63) is 71.2 Å². The van der Waals surface area contributed by atoms with Crippen LogP contribution < -0.4 is 10.0 Å². The fraction of sp³-hybridized carbons (Fsp3) is 0.321. The Kier molecular flexibility index (Phi) is 9.60. The Morgan fingerprint density at radius 3 is 2.50 bits per heavy atom. The average Bonchev–Trinajstić information content (AvgIpc) is 3.28. The van der Waals surface area contributed by atoms with Crippen molar-refractivity contribution in [3.63, 3.8) is 0 Å². The molecule has 2 aromatic carbocycles. The number of fused-ring (bicyclic) bond motifs is 1. The highest BCUT2D eigenvalue weighted by Gasteiger charge is 2.29. The lowest BCUT2D eigenvalue weighted by atomic mass is 10.0. The minimum Gasteiger partial charge on any atom is -0.478 e. The highest BCUT2D eigenvalue weighted by molar-refractivity contribution is 7.99. The molecule has 1 aliphatic rings. The van der Waals surface area contributed by atoms with E-state index in [1.54, 1.807) is 18.2 Å². The summed E-state index contributed by atoms with van der Waals surface area (Å²) in [6.45, 7) is 4.76. The topological polar surface area (TPSA) is 130 Å². The Balaban J connectivity index is 1.65. The number of unbranched alkanes of at least 4 members (excludes halogenated alkanes) is 1. The van der Waals surface area contributed by atoms with E-state index in [9.17, 15) is 23.1 Å². The average molecular weight is 603 g/mol. The number of amides is 2. The number of urea groups is 1. The van der Waals surface area contributed by atoms with Crippen LogP contribution in [0.2, 0.25) is 0 Å². The molecule has 2 heterocycles. The normalized spacial score (nSPS) is 13.2. The van der Waals surface area contributed by atoms with Gasteiger partial charge in [0.05, 0.1) is 21.2 Å². The number of aromatic nitrogens is 2. The number of benzene rings is 2. The van der Waals surface area contributed by atoms with Crippen molar-refractivity contribution in [2.75, 3.05) is 12.3 Å². The van der Waals surface area contributed by atoms with Crippen LogP contribution in [-0.2, 0) is 27.8 Å². The Hall–Kier alpha value is -3.28. The van der Waals surface area contributed by atoms with Crippen LogP contribution in [0.4, 0.5) is 4.79 Å². The summed E-state index contributed by atoms with van der Waals surface area (Å²) in [5, 5.41) is 13.1. The molecule has 1 aliphatic heterocycles. The molecule has 212 valence electrons. The predicted octanol–water partition coefficient (Wildman–Crippen LogP) is 5.48. The van der Waals surface area contributed by atoms with Crippen LogP contribution in [0, 0.1) is 0 Å². The number of thioether (sulfide) groups is 1. The zero-order valence-electron chi connectivity index (χ0n) is 22.2. The van der Waals surface area contributed by atoms with Crippen LogP contribution in [0.1, 0.15) is 50.2 Å². The summed E-state index contributed by atoms with van der Waals surface area (Å²) in [6.07, 6.45) is 3.34. The van der Waals surface area contributed by atoms with E-state index in [0.717, 1.165) is 35.7 Å². The molecular formula is C28H31ClN4O5S2. The van der Waals surface area contributed by atoms with Crippen LogP contribution >= 0.6 is 23.4 Å². The number of imidazole rings is 1. The molecule has 40 heavy (non-hydrogen) atoms. The number of aliphatic carboxylic acids is 1. The van der Waals surface area contributed by atoms with Crippen LogP contribution in [0.25, 0.3) is 16.2 Å². The van der Waals surface area contributed by atoms with Gasteiger partial charge in [-0.1, -0.05) is 86.1 Å². The lowest BCUT2D eigenvalue weighted by molar-refractivity contribution is -0.132. The molecule has 2 amide bonds. The maximum atomic E-state index is 13.0. The second-order valence-corrected chi connectivity index (χ2v) is 12.3. The number of carbonyl (C=O) groups excluding carboxylic acids is 1. The van der Waals surface area contributed by atoms with Gasteiger partial charge >= 0.3 is 12.0 Å². The van der Waals surface area contributed by atoms with Crippen molar-refractivity contribution in [1.29, 1.82) is 0 Å². The number of carboxylic acids is 1. The molecule has 0 fully saturated rings. The highest BCUT2D eigenvalue weighted by atomic mass is 35.5. The molecule has 0 saturated heterocycles. The SMILES string of the molecule is CCCCc1nc2c(n1Cc1ccc(-c3ccccc3S(=O)(=O)NC(=O)NCCC)cc1)C(Cl)=C(C(=O)O)CS2. The molecule has 0 saturated carbocycles. The Bertz CT molecular complexity index is 1550. The minimum absolute atomic E-state index is 0.00456. The predicted molar refractivity (Wildman–Crippen MR) is 157 cm³/mol. The van der Waals surface area contributed by atoms with Crippen LogP contribution in [-0.4, -0.2) is 47.4 Å². The number of nitrogens with one attached hydrogen (secondary N) is 2. The van der Waals surface area contributed by atoms with Gasteiger partial charge in [0, 0.05) is 30.8 Å². The zero-order valence-corrected chi connectivity index (χ0v) is 24.6. The largest absolute Gasteiger partial charge is 0.478 e. The molecule has 0 bridgehead atoms. The summed E-state index contributed by atoms with van der Waals surface area (Å²) in [6, 6.07) is 13.2. The maximum Gasteiger partial charge on any atom is 0.334 e. The van der Waals surface area contributed by atoms with Gasteiger partial charge in [0.2, 0.25) is 0 Å². The van der Waals surface area contributed by atoms with Gasteiger partial charge in [0.25, 0.3) is 10.0 Å². The molecule has 12 heteroatoms. The smallest absolute Gasteiger partial charge is 0.334 e. The molecule has 0 atom stereocenters. The summed E-state index contributed by atoms with van der Waals surface area (Å²) in [4.78, 5) is 28.6. The summed E-state index contributed by atoms with van der Waals surface area (Å²) >= 11 is 7.96. The van der Waals surface area contributed by atoms with Crippen molar-refractivity contribution >= 4 is 50.4 Å². The fourth-order valence-electron chi connectivity index (χ4n) is 4.35. The number of aryl methyl sites for hydroxylation is 1. The molecule has 1 aromatic heterocycles. The van der Waals surface area contributed by atoms with Gasteiger partial charge < -0.3 is 15.0 Å². The van der Waals surface area contributed by atoms with E-state index in [0.29, 0.717) is 36.3 Å².